The number of allylic oxidation sites excluding steroid dienone is 1. The van der Waals surface area contributed by atoms with Gasteiger partial charge in [-0.2, -0.15) is 0 Å². The molecule has 1 amide bonds. The number of aromatic nitrogens is 2. The SMILES string of the molecule is CCC1C(=O)N(C)C2=C(N[C@@H](n3cnc(C)c3)N=C2)N1C1CCCC1. The fraction of sp³-hybridized carbons (Fsp3) is 0.611. The van der Waals surface area contributed by atoms with Crippen LogP contribution in [0.3, 0.4) is 0 Å². The summed E-state index contributed by atoms with van der Waals surface area (Å²) < 4.78 is 1.97. The minimum atomic E-state index is -0.219. The van der Waals surface area contributed by atoms with E-state index in [2.05, 4.69) is 27.1 Å². The molecular weight excluding hydrogens is 316 g/mol. The normalized spacial score (nSPS) is 27.1. The van der Waals surface area contributed by atoms with E-state index in [-0.39, 0.29) is 18.2 Å². The van der Waals surface area contributed by atoms with Gasteiger partial charge in [-0.25, -0.2) is 9.98 Å². The highest BCUT2D eigenvalue weighted by molar-refractivity contribution is 5.93. The smallest absolute Gasteiger partial charge is 0.249 e. The van der Waals surface area contributed by atoms with E-state index in [0.29, 0.717) is 6.04 Å². The van der Waals surface area contributed by atoms with Crippen molar-refractivity contribution < 1.29 is 4.79 Å². The number of carbonyl (C=O) groups is 1. The zero-order valence-electron chi connectivity index (χ0n) is 15.1. The average molecular weight is 342 g/mol. The van der Waals surface area contributed by atoms with Gasteiger partial charge in [-0.3, -0.25) is 9.36 Å². The van der Waals surface area contributed by atoms with Crippen LogP contribution in [0.1, 0.15) is 51.0 Å². The molecular formula is C18H26N6O. The molecule has 1 unspecified atom stereocenters. The Morgan fingerprint density at radius 2 is 2.08 bits per heavy atom. The predicted molar refractivity (Wildman–Crippen MR) is 95.6 cm³/mol. The maximum absolute atomic E-state index is 12.9. The van der Waals surface area contributed by atoms with Crippen LogP contribution in [0.5, 0.6) is 0 Å². The van der Waals surface area contributed by atoms with Gasteiger partial charge in [0.25, 0.3) is 0 Å². The van der Waals surface area contributed by atoms with Crippen molar-refractivity contribution in [2.75, 3.05) is 7.05 Å². The maximum Gasteiger partial charge on any atom is 0.249 e. The molecule has 3 aliphatic rings. The summed E-state index contributed by atoms with van der Waals surface area (Å²) in [5.74, 6) is 1.20. The first-order valence-corrected chi connectivity index (χ1v) is 9.20. The Bertz CT molecular complexity index is 730. The fourth-order valence-corrected chi connectivity index (χ4v) is 4.22. The molecule has 1 fully saturated rings. The lowest BCUT2D eigenvalue weighted by Crippen LogP contribution is -2.59. The van der Waals surface area contributed by atoms with E-state index >= 15 is 0 Å². The summed E-state index contributed by atoms with van der Waals surface area (Å²) >= 11 is 0. The van der Waals surface area contributed by atoms with Crippen LogP contribution in [0.4, 0.5) is 0 Å². The van der Waals surface area contributed by atoms with Gasteiger partial charge in [0.05, 0.1) is 18.2 Å². The van der Waals surface area contributed by atoms with Gasteiger partial charge in [-0.15, -0.1) is 0 Å². The Hall–Kier alpha value is -2.31. The van der Waals surface area contributed by atoms with Crippen molar-refractivity contribution in [3.63, 3.8) is 0 Å². The van der Waals surface area contributed by atoms with Gasteiger partial charge in [0.1, 0.15) is 17.6 Å². The molecule has 1 aliphatic carbocycles. The highest BCUT2D eigenvalue weighted by Crippen LogP contribution is 2.35. The zero-order chi connectivity index (χ0) is 17.6. The van der Waals surface area contributed by atoms with Gasteiger partial charge in [-0.1, -0.05) is 19.8 Å². The second-order valence-corrected chi connectivity index (χ2v) is 7.16. The number of nitrogens with one attached hydrogen (secondary N) is 1. The molecule has 1 aromatic heterocycles. The van der Waals surface area contributed by atoms with Crippen molar-refractivity contribution in [2.45, 2.75) is 64.3 Å². The van der Waals surface area contributed by atoms with Gasteiger partial charge in [0.15, 0.2) is 0 Å². The van der Waals surface area contributed by atoms with E-state index in [9.17, 15) is 4.79 Å². The number of nitrogens with zero attached hydrogens (tertiary/aromatic N) is 5. The van der Waals surface area contributed by atoms with Crippen LogP contribution in [-0.4, -0.2) is 50.6 Å². The molecule has 25 heavy (non-hydrogen) atoms. The topological polar surface area (TPSA) is 65.8 Å². The summed E-state index contributed by atoms with van der Waals surface area (Å²) in [5, 5.41) is 3.56. The average Bonchev–Trinajstić information content (AvgIpc) is 3.29. The molecule has 0 aromatic carbocycles. The summed E-state index contributed by atoms with van der Waals surface area (Å²) in [4.78, 5) is 25.9. The van der Waals surface area contributed by atoms with Gasteiger partial charge >= 0.3 is 0 Å². The maximum atomic E-state index is 12.9. The molecule has 1 aromatic rings. The minimum absolute atomic E-state index is 0.101. The number of aliphatic imine (C=N–C) groups is 1. The first kappa shape index (κ1) is 16.2. The van der Waals surface area contributed by atoms with Crippen LogP contribution in [0.25, 0.3) is 0 Å². The summed E-state index contributed by atoms with van der Waals surface area (Å²) in [6.45, 7) is 4.07. The molecule has 0 bridgehead atoms. The molecule has 4 rings (SSSR count). The Labute approximate surface area is 148 Å². The number of amides is 1. The molecule has 2 atom stereocenters. The van der Waals surface area contributed by atoms with Crippen LogP contribution >= 0.6 is 0 Å². The van der Waals surface area contributed by atoms with Crippen molar-refractivity contribution >= 4 is 12.1 Å². The summed E-state index contributed by atoms with van der Waals surface area (Å²) in [5.41, 5.74) is 1.83. The Morgan fingerprint density at radius 3 is 2.72 bits per heavy atom. The summed E-state index contributed by atoms with van der Waals surface area (Å²) in [6, 6.07) is 0.327. The van der Waals surface area contributed by atoms with E-state index in [4.69, 9.17) is 0 Å². The summed E-state index contributed by atoms with van der Waals surface area (Å²) in [7, 11) is 1.85. The van der Waals surface area contributed by atoms with Crippen LogP contribution in [-0.2, 0) is 4.79 Å². The molecule has 1 N–H and O–H groups in total. The molecule has 1 saturated carbocycles. The number of hydrogen-bond acceptors (Lipinski definition) is 5. The highest BCUT2D eigenvalue weighted by atomic mass is 16.2. The van der Waals surface area contributed by atoms with Crippen molar-refractivity contribution in [1.82, 2.24) is 24.7 Å². The highest BCUT2D eigenvalue weighted by Gasteiger charge is 2.42. The lowest BCUT2D eigenvalue weighted by molar-refractivity contribution is -0.136. The van der Waals surface area contributed by atoms with E-state index in [0.717, 1.165) is 36.5 Å². The predicted octanol–water partition coefficient (Wildman–Crippen LogP) is 1.99. The third-order valence-electron chi connectivity index (χ3n) is 5.54. The van der Waals surface area contributed by atoms with Crippen LogP contribution in [0.2, 0.25) is 0 Å². The number of carbonyl (C=O) groups excluding carboxylic acids is 1. The summed E-state index contributed by atoms with van der Waals surface area (Å²) in [6.07, 6.45) is 11.0. The molecule has 0 spiro atoms. The first-order chi connectivity index (χ1) is 12.1. The van der Waals surface area contributed by atoms with Crippen LogP contribution < -0.4 is 5.32 Å². The van der Waals surface area contributed by atoms with E-state index in [1.807, 2.05) is 30.9 Å². The minimum Gasteiger partial charge on any atom is -0.342 e. The van der Waals surface area contributed by atoms with E-state index < -0.39 is 0 Å². The lowest BCUT2D eigenvalue weighted by Gasteiger charge is -2.47. The van der Waals surface area contributed by atoms with Crippen LogP contribution in [0, 0.1) is 6.92 Å². The van der Waals surface area contributed by atoms with Gasteiger partial charge < -0.3 is 15.1 Å². The van der Waals surface area contributed by atoms with Crippen LogP contribution in [0.15, 0.2) is 29.0 Å². The first-order valence-electron chi connectivity index (χ1n) is 9.20. The molecule has 134 valence electrons. The number of hydrogen-bond donors (Lipinski definition) is 1. The van der Waals surface area contributed by atoms with E-state index in [1.165, 1.54) is 12.8 Å². The molecule has 7 nitrogen and oxygen atoms in total. The Kier molecular flexibility index (Phi) is 4.01. The molecule has 0 radical (unpaired) electrons. The number of rotatable bonds is 3. The Balaban J connectivity index is 1.72. The third kappa shape index (κ3) is 2.62. The van der Waals surface area contributed by atoms with Crippen molar-refractivity contribution in [1.29, 1.82) is 0 Å². The Morgan fingerprint density at radius 1 is 1.32 bits per heavy atom. The molecule has 2 aliphatic heterocycles. The lowest BCUT2D eigenvalue weighted by atomic mass is 10.0. The second-order valence-electron chi connectivity index (χ2n) is 7.16. The molecule has 0 saturated heterocycles. The third-order valence-corrected chi connectivity index (χ3v) is 5.54. The number of aryl methyl sites for hydroxylation is 1. The van der Waals surface area contributed by atoms with Crippen molar-refractivity contribution in [3.05, 3.63) is 29.7 Å². The van der Waals surface area contributed by atoms with Gasteiger partial charge in [-0.05, 0) is 26.2 Å². The zero-order valence-corrected chi connectivity index (χ0v) is 15.1. The quantitative estimate of drug-likeness (QED) is 0.912. The van der Waals surface area contributed by atoms with E-state index in [1.54, 1.807) is 11.2 Å². The van der Waals surface area contributed by atoms with Crippen molar-refractivity contribution in [2.24, 2.45) is 4.99 Å². The number of imidazole rings is 1. The second kappa shape index (κ2) is 6.20. The molecule has 7 heteroatoms. The largest absolute Gasteiger partial charge is 0.342 e. The van der Waals surface area contributed by atoms with Crippen molar-refractivity contribution in [3.8, 4) is 0 Å². The number of likely N-dealkylation sites (N-methyl/N-ethyl adjacent to an activating group) is 1. The fourth-order valence-electron chi connectivity index (χ4n) is 4.22. The standard InChI is InChI=1S/C18H26N6O/c1-4-14-17(25)22(3)15-9-19-18(23-10-12(2)20-11-23)21-16(15)24(14)13-7-5-6-8-13/h9-11,13-14,18,21H,4-8H2,1-3H3/t14?,18-/m0/s1. The van der Waals surface area contributed by atoms with Gasteiger partial charge in [0, 0.05) is 19.3 Å². The van der Waals surface area contributed by atoms with Gasteiger partial charge in [0.2, 0.25) is 12.2 Å². The molecule has 3 heterocycles. The monoisotopic (exact) mass is 342 g/mol.